The molecule has 0 aromatic carbocycles. The lowest BCUT2D eigenvalue weighted by molar-refractivity contribution is 0.0146. The molecule has 0 aromatic rings. The highest BCUT2D eigenvalue weighted by molar-refractivity contribution is 4.78. The van der Waals surface area contributed by atoms with Gasteiger partial charge in [0.05, 0.1) is 6.54 Å². The van der Waals surface area contributed by atoms with Crippen LogP contribution in [0.2, 0.25) is 0 Å². The van der Waals surface area contributed by atoms with Gasteiger partial charge in [-0.15, -0.1) is 0 Å². The summed E-state index contributed by atoms with van der Waals surface area (Å²) in [4.78, 5) is 1.64. The van der Waals surface area contributed by atoms with Crippen LogP contribution < -0.4 is 0 Å². The van der Waals surface area contributed by atoms with Crippen LogP contribution in [0, 0.1) is 0 Å². The number of rotatable bonds is 0. The monoisotopic (exact) mass is 197 g/mol. The second kappa shape index (κ2) is 8.38. The predicted molar refractivity (Wildman–Crippen MR) is 51.2 cm³/mol. The zero-order chi connectivity index (χ0) is 10.9. The third-order valence-electron chi connectivity index (χ3n) is 1.36. The van der Waals surface area contributed by atoms with Gasteiger partial charge in [0.15, 0.2) is 0 Å². The number of likely N-dealkylation sites (tertiary alicyclic amines) is 1. The van der Waals surface area contributed by atoms with E-state index in [9.17, 15) is 8.78 Å². The number of halogens is 2. The van der Waals surface area contributed by atoms with Gasteiger partial charge in [-0.2, -0.15) is 0 Å². The van der Waals surface area contributed by atoms with Crippen molar-refractivity contribution in [1.29, 1.82) is 0 Å². The maximum Gasteiger partial charge on any atom is 0.261 e. The number of hydrogen-bond donors (Lipinski definition) is 1. The van der Waals surface area contributed by atoms with E-state index in [0.717, 1.165) is 0 Å². The fraction of sp³-hybridized carbons (Fsp3) is 1.00. The highest BCUT2D eigenvalue weighted by atomic mass is 19.3. The molecule has 0 radical (unpaired) electrons. The van der Waals surface area contributed by atoms with Crippen LogP contribution in [0.3, 0.4) is 0 Å². The average Bonchev–Trinajstić information content (AvgIpc) is 2.35. The van der Waals surface area contributed by atoms with Crippen molar-refractivity contribution in [2.24, 2.45) is 0 Å². The minimum atomic E-state index is -2.41. The summed E-state index contributed by atoms with van der Waals surface area (Å²) in [7, 11) is 1.71. The molecule has 0 spiro atoms. The Balaban J connectivity index is 0. The summed E-state index contributed by atoms with van der Waals surface area (Å²) < 4.78 is 24.3. The van der Waals surface area contributed by atoms with Gasteiger partial charge in [0.25, 0.3) is 5.92 Å². The lowest BCUT2D eigenvalue weighted by Gasteiger charge is -2.06. The Morgan fingerprint density at radius 3 is 1.85 bits per heavy atom. The molecule has 1 heterocycles. The molecule has 0 saturated carbocycles. The SMILES string of the molecule is CC.CCO.CN1CCC(F)(F)C1. The summed E-state index contributed by atoms with van der Waals surface area (Å²) in [5.41, 5.74) is 0. The second-order valence-electron chi connectivity index (χ2n) is 2.66. The summed E-state index contributed by atoms with van der Waals surface area (Å²) in [6, 6.07) is 0. The van der Waals surface area contributed by atoms with Gasteiger partial charge in [-0.3, -0.25) is 0 Å². The molecule has 2 nitrogen and oxygen atoms in total. The van der Waals surface area contributed by atoms with Crippen LogP contribution in [-0.2, 0) is 0 Å². The maximum atomic E-state index is 12.2. The first-order valence-corrected chi connectivity index (χ1v) is 4.69. The van der Waals surface area contributed by atoms with Gasteiger partial charge in [0.1, 0.15) is 0 Å². The molecule has 1 saturated heterocycles. The molecule has 0 aromatic heterocycles. The molecule has 13 heavy (non-hydrogen) atoms. The summed E-state index contributed by atoms with van der Waals surface area (Å²) in [5.74, 6) is -2.41. The molecule has 0 atom stereocenters. The highest BCUT2D eigenvalue weighted by Crippen LogP contribution is 2.24. The van der Waals surface area contributed by atoms with E-state index in [0.29, 0.717) is 6.54 Å². The van der Waals surface area contributed by atoms with Crippen LogP contribution in [0.4, 0.5) is 8.78 Å². The molecule has 0 amide bonds. The van der Waals surface area contributed by atoms with Gasteiger partial charge < -0.3 is 10.0 Å². The maximum absolute atomic E-state index is 12.2. The van der Waals surface area contributed by atoms with Crippen molar-refractivity contribution < 1.29 is 13.9 Å². The van der Waals surface area contributed by atoms with E-state index < -0.39 is 5.92 Å². The Labute approximate surface area is 79.5 Å². The minimum Gasteiger partial charge on any atom is -0.397 e. The third kappa shape index (κ3) is 9.70. The number of nitrogens with zero attached hydrogens (tertiary/aromatic N) is 1. The van der Waals surface area contributed by atoms with Crippen molar-refractivity contribution in [2.45, 2.75) is 33.1 Å². The molecule has 0 bridgehead atoms. The van der Waals surface area contributed by atoms with E-state index >= 15 is 0 Å². The van der Waals surface area contributed by atoms with E-state index in [1.165, 1.54) is 0 Å². The molecule has 1 fully saturated rings. The Kier molecular flexibility index (Phi) is 9.84. The normalized spacial score (nSPS) is 19.6. The third-order valence-corrected chi connectivity index (χ3v) is 1.36. The number of hydrogen-bond acceptors (Lipinski definition) is 2. The number of alkyl halides is 2. The van der Waals surface area contributed by atoms with Gasteiger partial charge >= 0.3 is 0 Å². The molecule has 0 unspecified atom stereocenters. The zero-order valence-corrected chi connectivity index (χ0v) is 8.98. The summed E-state index contributed by atoms with van der Waals surface area (Å²) in [5, 5.41) is 7.57. The summed E-state index contributed by atoms with van der Waals surface area (Å²) in [6.07, 6.45) is 0.0312. The van der Waals surface area contributed by atoms with Crippen molar-refractivity contribution in [1.82, 2.24) is 4.90 Å². The minimum absolute atomic E-state index is 0.0312. The largest absolute Gasteiger partial charge is 0.397 e. The Bertz CT molecular complexity index is 110. The van der Waals surface area contributed by atoms with Crippen LogP contribution in [-0.4, -0.2) is 42.7 Å². The lowest BCUT2D eigenvalue weighted by Crippen LogP contribution is -2.21. The van der Waals surface area contributed by atoms with Crippen molar-refractivity contribution in [3.8, 4) is 0 Å². The van der Waals surface area contributed by atoms with E-state index in [2.05, 4.69) is 0 Å². The average molecular weight is 197 g/mol. The van der Waals surface area contributed by atoms with Crippen molar-refractivity contribution in [3.63, 3.8) is 0 Å². The van der Waals surface area contributed by atoms with Crippen LogP contribution in [0.5, 0.6) is 0 Å². The van der Waals surface area contributed by atoms with Crippen LogP contribution in [0.1, 0.15) is 27.2 Å². The highest BCUT2D eigenvalue weighted by Gasteiger charge is 2.35. The Morgan fingerprint density at radius 1 is 1.38 bits per heavy atom. The van der Waals surface area contributed by atoms with Crippen LogP contribution in [0.15, 0.2) is 0 Å². The van der Waals surface area contributed by atoms with Gasteiger partial charge in [-0.1, -0.05) is 13.8 Å². The first-order chi connectivity index (χ1) is 6.02. The van der Waals surface area contributed by atoms with Crippen molar-refractivity contribution in [2.75, 3.05) is 26.7 Å². The molecular formula is C9H21F2NO. The van der Waals surface area contributed by atoms with Gasteiger partial charge in [-0.25, -0.2) is 8.78 Å². The van der Waals surface area contributed by atoms with Crippen molar-refractivity contribution >= 4 is 0 Å². The van der Waals surface area contributed by atoms with Gasteiger partial charge in [-0.05, 0) is 14.0 Å². The number of aliphatic hydroxyl groups is 1. The van der Waals surface area contributed by atoms with Gasteiger partial charge in [0, 0.05) is 19.6 Å². The van der Waals surface area contributed by atoms with E-state index in [1.54, 1.807) is 18.9 Å². The molecule has 1 aliphatic rings. The van der Waals surface area contributed by atoms with Crippen molar-refractivity contribution in [3.05, 3.63) is 0 Å². The molecule has 82 valence electrons. The Hall–Kier alpha value is -0.220. The van der Waals surface area contributed by atoms with E-state index in [-0.39, 0.29) is 19.6 Å². The summed E-state index contributed by atoms with van der Waals surface area (Å²) >= 11 is 0. The smallest absolute Gasteiger partial charge is 0.261 e. The van der Waals surface area contributed by atoms with Crippen LogP contribution in [0.25, 0.3) is 0 Å². The van der Waals surface area contributed by atoms with E-state index in [4.69, 9.17) is 5.11 Å². The first-order valence-electron chi connectivity index (χ1n) is 4.69. The topological polar surface area (TPSA) is 23.5 Å². The zero-order valence-electron chi connectivity index (χ0n) is 8.98. The first kappa shape index (κ1) is 15.3. The molecule has 1 N–H and O–H groups in total. The molecule has 4 heteroatoms. The van der Waals surface area contributed by atoms with E-state index in [1.807, 2.05) is 13.8 Å². The molecular weight excluding hydrogens is 176 g/mol. The molecule has 1 rings (SSSR count). The number of aliphatic hydroxyl groups excluding tert-OH is 1. The predicted octanol–water partition coefficient (Wildman–Crippen LogP) is 1.98. The molecule has 0 aliphatic carbocycles. The second-order valence-corrected chi connectivity index (χ2v) is 2.66. The lowest BCUT2D eigenvalue weighted by atomic mass is 10.3. The van der Waals surface area contributed by atoms with Gasteiger partial charge in [0.2, 0.25) is 0 Å². The Morgan fingerprint density at radius 2 is 1.77 bits per heavy atom. The summed E-state index contributed by atoms with van der Waals surface area (Å²) in [6.45, 7) is 6.40. The molecule has 1 aliphatic heterocycles. The fourth-order valence-corrected chi connectivity index (χ4v) is 0.907. The standard InChI is InChI=1S/C5H9F2N.C2H6O.C2H6/c1-8-3-2-5(6,7)4-8;1-2-3;1-2/h2-4H2,1H3;3H,2H2,1H3;1-2H3. The fourth-order valence-electron chi connectivity index (χ4n) is 0.907. The van der Waals surface area contributed by atoms with Crippen LogP contribution >= 0.6 is 0 Å². The quantitative estimate of drug-likeness (QED) is 0.642.